The molecule has 0 aromatic heterocycles. The number of nitrogens with zero attached hydrogens (tertiary/aromatic N) is 1. The van der Waals surface area contributed by atoms with Gasteiger partial charge < -0.3 is 15.5 Å². The van der Waals surface area contributed by atoms with Crippen LogP contribution in [0.5, 0.6) is 0 Å². The van der Waals surface area contributed by atoms with Crippen molar-refractivity contribution >= 4 is 23.5 Å². The van der Waals surface area contributed by atoms with E-state index in [2.05, 4.69) is 16.3 Å². The van der Waals surface area contributed by atoms with Crippen molar-refractivity contribution in [2.75, 3.05) is 26.2 Å². The third kappa shape index (κ3) is 7.78. The average molecular weight is 327 g/mol. The minimum Gasteiger partial charge on any atom is -0.478 e. The predicted molar refractivity (Wildman–Crippen MR) is 84.0 cm³/mol. The summed E-state index contributed by atoms with van der Waals surface area (Å²) in [6.07, 6.45) is 1.12. The van der Waals surface area contributed by atoms with E-state index in [1.165, 1.54) is 5.56 Å². The normalized spacial score (nSPS) is 15.1. The Morgan fingerprint density at radius 3 is 2.18 bits per heavy atom. The molecular weight excluding hydrogens is 308 g/mol. The SMILES string of the molecule is Clc1ccccc1CN1CCNCC1.O=C(O)/C=C/C(=O)O. The Kier molecular flexibility index (Phi) is 8.21. The van der Waals surface area contributed by atoms with Gasteiger partial charge in [0, 0.05) is 49.9 Å². The van der Waals surface area contributed by atoms with Crippen molar-refractivity contribution in [2.24, 2.45) is 0 Å². The fourth-order valence-corrected chi connectivity index (χ4v) is 2.07. The maximum atomic E-state index is 9.55. The monoisotopic (exact) mass is 326 g/mol. The number of hydrogen-bond acceptors (Lipinski definition) is 4. The Labute approximate surface area is 134 Å². The van der Waals surface area contributed by atoms with E-state index in [0.717, 1.165) is 37.7 Å². The molecule has 7 heteroatoms. The van der Waals surface area contributed by atoms with Crippen LogP contribution in [0.25, 0.3) is 0 Å². The highest BCUT2D eigenvalue weighted by atomic mass is 35.5. The predicted octanol–water partition coefficient (Wildman–Crippen LogP) is 1.46. The van der Waals surface area contributed by atoms with Crippen LogP contribution in [-0.2, 0) is 16.1 Å². The first-order chi connectivity index (χ1) is 10.5. The van der Waals surface area contributed by atoms with Crippen molar-refractivity contribution in [3.63, 3.8) is 0 Å². The van der Waals surface area contributed by atoms with Crippen LogP contribution in [0, 0.1) is 0 Å². The van der Waals surface area contributed by atoms with Crippen molar-refractivity contribution in [1.82, 2.24) is 10.2 Å². The lowest BCUT2D eigenvalue weighted by Gasteiger charge is -2.27. The van der Waals surface area contributed by atoms with Crippen LogP contribution in [0.4, 0.5) is 0 Å². The second kappa shape index (κ2) is 9.94. The highest BCUT2D eigenvalue weighted by Crippen LogP contribution is 2.16. The lowest BCUT2D eigenvalue weighted by molar-refractivity contribution is -0.134. The van der Waals surface area contributed by atoms with Gasteiger partial charge in [-0.2, -0.15) is 0 Å². The molecule has 3 N–H and O–H groups in total. The van der Waals surface area contributed by atoms with Crippen molar-refractivity contribution in [2.45, 2.75) is 6.54 Å². The number of rotatable bonds is 4. The van der Waals surface area contributed by atoms with Gasteiger partial charge in [0.05, 0.1) is 0 Å². The van der Waals surface area contributed by atoms with Gasteiger partial charge in [0.2, 0.25) is 0 Å². The summed E-state index contributed by atoms with van der Waals surface area (Å²) in [5, 5.41) is 19.8. The molecule has 0 spiro atoms. The molecule has 1 saturated heterocycles. The minimum absolute atomic E-state index is 0.558. The Bertz CT molecular complexity index is 512. The van der Waals surface area contributed by atoms with Crippen molar-refractivity contribution in [3.05, 3.63) is 47.0 Å². The lowest BCUT2D eigenvalue weighted by Crippen LogP contribution is -2.42. The van der Waals surface area contributed by atoms with E-state index in [9.17, 15) is 9.59 Å². The van der Waals surface area contributed by atoms with Crippen LogP contribution in [-0.4, -0.2) is 53.2 Å². The first-order valence-corrected chi connectivity index (χ1v) is 7.17. The van der Waals surface area contributed by atoms with Crippen LogP contribution < -0.4 is 5.32 Å². The van der Waals surface area contributed by atoms with Gasteiger partial charge in [-0.15, -0.1) is 0 Å². The molecule has 1 aromatic carbocycles. The van der Waals surface area contributed by atoms with E-state index in [0.29, 0.717) is 12.2 Å². The molecular formula is C15H19ClN2O4. The molecule has 0 aliphatic carbocycles. The van der Waals surface area contributed by atoms with Crippen molar-refractivity contribution < 1.29 is 19.8 Å². The number of benzene rings is 1. The number of carboxylic acid groups (broad SMARTS) is 2. The second-order valence-electron chi connectivity index (χ2n) is 4.63. The van der Waals surface area contributed by atoms with E-state index in [1.54, 1.807) is 0 Å². The zero-order chi connectivity index (χ0) is 16.4. The second-order valence-corrected chi connectivity index (χ2v) is 5.03. The summed E-state index contributed by atoms with van der Waals surface area (Å²) in [6.45, 7) is 5.38. The largest absolute Gasteiger partial charge is 0.478 e. The van der Waals surface area contributed by atoms with Crippen LogP contribution in [0.3, 0.4) is 0 Å². The van der Waals surface area contributed by atoms with E-state index < -0.39 is 11.9 Å². The molecule has 1 fully saturated rings. The standard InChI is InChI=1S/C11H15ClN2.C4H4O4/c12-11-4-2-1-3-10(11)9-14-7-5-13-6-8-14;5-3(6)1-2-4(7)8/h1-4,13H,5-9H2;1-2H,(H,5,6)(H,7,8)/b;2-1+. The van der Waals surface area contributed by atoms with Crippen molar-refractivity contribution in [1.29, 1.82) is 0 Å². The van der Waals surface area contributed by atoms with Gasteiger partial charge in [-0.1, -0.05) is 29.8 Å². The van der Waals surface area contributed by atoms with Gasteiger partial charge in [-0.05, 0) is 11.6 Å². The number of carbonyl (C=O) groups is 2. The van der Waals surface area contributed by atoms with Gasteiger partial charge in [-0.3, -0.25) is 4.90 Å². The summed E-state index contributed by atoms with van der Waals surface area (Å²) in [4.78, 5) is 21.5. The number of nitrogens with one attached hydrogen (secondary N) is 1. The molecule has 1 aliphatic rings. The molecule has 0 unspecified atom stereocenters. The first-order valence-electron chi connectivity index (χ1n) is 6.79. The quantitative estimate of drug-likeness (QED) is 0.726. The molecule has 120 valence electrons. The summed E-state index contributed by atoms with van der Waals surface area (Å²) in [5.74, 6) is -2.51. The van der Waals surface area contributed by atoms with Crippen molar-refractivity contribution in [3.8, 4) is 0 Å². The number of aliphatic carboxylic acids is 2. The third-order valence-electron chi connectivity index (χ3n) is 2.93. The fourth-order valence-electron chi connectivity index (χ4n) is 1.88. The van der Waals surface area contributed by atoms with Crippen LogP contribution in [0.15, 0.2) is 36.4 Å². The Balaban J connectivity index is 0.000000261. The number of halogens is 1. The fraction of sp³-hybridized carbons (Fsp3) is 0.333. The lowest BCUT2D eigenvalue weighted by atomic mass is 10.2. The van der Waals surface area contributed by atoms with E-state index >= 15 is 0 Å². The van der Waals surface area contributed by atoms with Crippen LogP contribution >= 0.6 is 11.6 Å². The molecule has 0 bridgehead atoms. The van der Waals surface area contributed by atoms with E-state index in [-0.39, 0.29) is 0 Å². The molecule has 1 heterocycles. The molecule has 6 nitrogen and oxygen atoms in total. The zero-order valence-electron chi connectivity index (χ0n) is 12.0. The van der Waals surface area contributed by atoms with E-state index in [4.69, 9.17) is 21.8 Å². The Hall–Kier alpha value is -1.89. The summed E-state index contributed by atoms with van der Waals surface area (Å²) in [5.41, 5.74) is 1.23. The van der Waals surface area contributed by atoms with Gasteiger partial charge in [0.1, 0.15) is 0 Å². The number of hydrogen-bond donors (Lipinski definition) is 3. The summed E-state index contributed by atoms with van der Waals surface area (Å²) < 4.78 is 0. The molecule has 2 rings (SSSR count). The topological polar surface area (TPSA) is 89.9 Å². The van der Waals surface area contributed by atoms with Gasteiger partial charge in [0.15, 0.2) is 0 Å². The van der Waals surface area contributed by atoms with Crippen LogP contribution in [0.1, 0.15) is 5.56 Å². The first kappa shape index (κ1) is 18.2. The molecule has 0 amide bonds. The molecule has 22 heavy (non-hydrogen) atoms. The molecule has 0 atom stereocenters. The molecule has 0 saturated carbocycles. The highest BCUT2D eigenvalue weighted by molar-refractivity contribution is 6.31. The Morgan fingerprint density at radius 1 is 1.14 bits per heavy atom. The summed E-state index contributed by atoms with van der Waals surface area (Å²) >= 11 is 6.10. The third-order valence-corrected chi connectivity index (χ3v) is 3.30. The maximum Gasteiger partial charge on any atom is 0.328 e. The Morgan fingerprint density at radius 2 is 1.68 bits per heavy atom. The average Bonchev–Trinajstić information content (AvgIpc) is 2.49. The summed E-state index contributed by atoms with van der Waals surface area (Å²) in [7, 11) is 0. The summed E-state index contributed by atoms with van der Waals surface area (Å²) in [6, 6.07) is 8.08. The number of piperazine rings is 1. The van der Waals surface area contributed by atoms with Gasteiger partial charge >= 0.3 is 11.9 Å². The minimum atomic E-state index is -1.26. The number of carboxylic acids is 2. The molecule has 1 aromatic rings. The van der Waals surface area contributed by atoms with Gasteiger partial charge in [-0.25, -0.2) is 9.59 Å². The molecule has 1 aliphatic heterocycles. The van der Waals surface area contributed by atoms with Gasteiger partial charge in [0.25, 0.3) is 0 Å². The maximum absolute atomic E-state index is 9.55. The zero-order valence-corrected chi connectivity index (χ0v) is 12.8. The molecule has 0 radical (unpaired) electrons. The highest BCUT2D eigenvalue weighted by Gasteiger charge is 2.10. The van der Waals surface area contributed by atoms with Crippen LogP contribution in [0.2, 0.25) is 5.02 Å². The smallest absolute Gasteiger partial charge is 0.328 e. The van der Waals surface area contributed by atoms with E-state index in [1.807, 2.05) is 18.2 Å².